The van der Waals surface area contributed by atoms with E-state index in [0.717, 1.165) is 61.7 Å². The van der Waals surface area contributed by atoms with Gasteiger partial charge in [0.05, 0.1) is 18.8 Å². The lowest BCUT2D eigenvalue weighted by molar-refractivity contribution is -0.253. The van der Waals surface area contributed by atoms with E-state index in [9.17, 15) is 9.90 Å². The van der Waals surface area contributed by atoms with E-state index in [2.05, 4.69) is 50.8 Å². The molecule has 2 amide bonds. The molecule has 7 rings (SSSR count). The van der Waals surface area contributed by atoms with Gasteiger partial charge in [-0.15, -0.1) is 0 Å². The summed E-state index contributed by atoms with van der Waals surface area (Å²) in [7, 11) is 0. The molecule has 0 radical (unpaired) electrons. The van der Waals surface area contributed by atoms with Crippen molar-refractivity contribution in [3.05, 3.63) is 156 Å². The molecule has 51 heavy (non-hydrogen) atoms. The molecule has 0 saturated carbocycles. The molecule has 2 heterocycles. The largest absolute Gasteiger partial charge is 0.457 e. The van der Waals surface area contributed by atoms with Crippen LogP contribution < -0.4 is 15.4 Å². The molecule has 262 valence electrons. The Morgan fingerprint density at radius 3 is 2.06 bits per heavy atom. The number of urea groups is 1. The van der Waals surface area contributed by atoms with Crippen molar-refractivity contribution in [3.63, 3.8) is 0 Å². The van der Waals surface area contributed by atoms with Crippen LogP contribution in [0, 0.1) is 0 Å². The van der Waals surface area contributed by atoms with E-state index in [0.29, 0.717) is 23.5 Å². The molecule has 3 N–H and O–H groups in total. The number of nitrogens with one attached hydrogen (secondary N) is 2. The minimum Gasteiger partial charge on any atom is -0.457 e. The van der Waals surface area contributed by atoms with Gasteiger partial charge in [0.1, 0.15) is 11.5 Å². The molecule has 5 aromatic carbocycles. The normalized spacial score (nSPS) is 19.7. The van der Waals surface area contributed by atoms with E-state index in [1.54, 1.807) is 12.1 Å². The standard InChI is InChI=1S/C42H44N4O5/c47-30-32-14-16-33(17-15-32)40-27-39(29-46-24-22-45(23-25-46)28-31-8-3-1-4-9-31)50-41(51-40)34-10-7-11-36(26-34)44-42(48)43-35-18-20-38(21-19-35)49-37-12-5-2-6-13-37/h1-21,26,39-41,47H,22-25,27-30H2,(H2,43,44,48)/t39-,40+,41+/m1/s1. The van der Waals surface area contributed by atoms with Crippen LogP contribution in [0.25, 0.3) is 0 Å². The lowest BCUT2D eigenvalue weighted by atomic mass is 9.99. The Bertz CT molecular complexity index is 1830. The maximum absolute atomic E-state index is 13.0. The Kier molecular flexibility index (Phi) is 11.3. The van der Waals surface area contributed by atoms with Gasteiger partial charge in [-0.1, -0.05) is 84.9 Å². The van der Waals surface area contributed by atoms with Gasteiger partial charge in [0.25, 0.3) is 0 Å². The fraction of sp³-hybridized carbons (Fsp3) is 0.262. The van der Waals surface area contributed by atoms with Crippen LogP contribution >= 0.6 is 0 Å². The minimum absolute atomic E-state index is 0.00221. The van der Waals surface area contributed by atoms with Crippen molar-refractivity contribution in [3.8, 4) is 11.5 Å². The third kappa shape index (κ3) is 9.61. The highest BCUT2D eigenvalue weighted by Crippen LogP contribution is 2.39. The van der Waals surface area contributed by atoms with Gasteiger partial charge in [0.2, 0.25) is 0 Å². The summed E-state index contributed by atoms with van der Waals surface area (Å²) in [6, 6.07) is 42.6. The second kappa shape index (κ2) is 16.8. The number of amides is 2. The summed E-state index contributed by atoms with van der Waals surface area (Å²) >= 11 is 0. The molecule has 9 heteroatoms. The number of anilines is 2. The van der Waals surface area contributed by atoms with E-state index in [-0.39, 0.29) is 24.8 Å². The number of ether oxygens (including phenoxy) is 3. The highest BCUT2D eigenvalue weighted by molar-refractivity contribution is 5.99. The molecule has 0 spiro atoms. The monoisotopic (exact) mass is 684 g/mol. The number of aliphatic hydroxyl groups is 1. The van der Waals surface area contributed by atoms with E-state index in [1.165, 1.54) is 5.56 Å². The summed E-state index contributed by atoms with van der Waals surface area (Å²) in [6.45, 7) is 5.74. The Morgan fingerprint density at radius 1 is 0.667 bits per heavy atom. The summed E-state index contributed by atoms with van der Waals surface area (Å²) in [5.74, 6) is 1.43. The van der Waals surface area contributed by atoms with Crippen molar-refractivity contribution in [2.45, 2.75) is 38.1 Å². The molecule has 3 atom stereocenters. The number of nitrogens with zero attached hydrogens (tertiary/aromatic N) is 2. The zero-order valence-electron chi connectivity index (χ0n) is 28.6. The SMILES string of the molecule is O=C(Nc1ccc(Oc2ccccc2)cc1)Nc1cccc([C@H]2O[C@@H](CN3CCN(Cc4ccccc4)CC3)C[C@@H](c3ccc(CO)cc3)O2)c1. The number of rotatable bonds is 11. The van der Waals surface area contributed by atoms with Gasteiger partial charge in [0, 0.05) is 62.6 Å². The molecule has 2 aliphatic heterocycles. The van der Waals surface area contributed by atoms with Gasteiger partial charge in [-0.3, -0.25) is 9.80 Å². The molecule has 9 nitrogen and oxygen atoms in total. The summed E-state index contributed by atoms with van der Waals surface area (Å²) < 4.78 is 19.1. The second-order valence-corrected chi connectivity index (χ2v) is 13.1. The van der Waals surface area contributed by atoms with Crippen molar-refractivity contribution in [2.75, 3.05) is 43.4 Å². The van der Waals surface area contributed by atoms with Gasteiger partial charge >= 0.3 is 6.03 Å². The summed E-state index contributed by atoms with van der Waals surface area (Å²) in [6.07, 6.45) is -0.141. The third-order valence-electron chi connectivity index (χ3n) is 9.30. The number of piperazine rings is 1. The lowest BCUT2D eigenvalue weighted by Gasteiger charge is -2.41. The van der Waals surface area contributed by atoms with Gasteiger partial charge in [0.15, 0.2) is 6.29 Å². The highest BCUT2D eigenvalue weighted by Gasteiger charge is 2.34. The molecule has 2 fully saturated rings. The topological polar surface area (TPSA) is 95.5 Å². The predicted octanol–water partition coefficient (Wildman–Crippen LogP) is 7.98. The molecule has 0 aliphatic carbocycles. The molecular weight excluding hydrogens is 640 g/mol. The first-order chi connectivity index (χ1) is 25.1. The lowest BCUT2D eigenvalue weighted by Crippen LogP contribution is -2.49. The predicted molar refractivity (Wildman–Crippen MR) is 199 cm³/mol. The Labute approximate surface area is 299 Å². The number of benzene rings is 5. The van der Waals surface area contributed by atoms with Crippen molar-refractivity contribution in [2.24, 2.45) is 0 Å². The Balaban J connectivity index is 0.987. The number of hydrogen-bond donors (Lipinski definition) is 3. The van der Waals surface area contributed by atoms with Gasteiger partial charge < -0.3 is 30.0 Å². The van der Waals surface area contributed by atoms with E-state index >= 15 is 0 Å². The van der Waals surface area contributed by atoms with Gasteiger partial charge in [-0.05, 0) is 65.2 Å². The van der Waals surface area contributed by atoms with Crippen molar-refractivity contribution in [1.82, 2.24) is 9.80 Å². The molecule has 2 saturated heterocycles. The maximum atomic E-state index is 13.0. The molecular formula is C42H44N4O5. The molecule has 5 aromatic rings. The van der Waals surface area contributed by atoms with Crippen molar-refractivity contribution < 1.29 is 24.1 Å². The fourth-order valence-electron chi connectivity index (χ4n) is 6.58. The average molecular weight is 685 g/mol. The smallest absolute Gasteiger partial charge is 0.323 e. The minimum atomic E-state index is -0.618. The number of para-hydroxylation sites is 1. The average Bonchev–Trinajstić information content (AvgIpc) is 3.17. The van der Waals surface area contributed by atoms with Crippen molar-refractivity contribution >= 4 is 17.4 Å². The number of aliphatic hydroxyl groups excluding tert-OH is 1. The Hall–Kier alpha value is -5.03. The molecule has 0 unspecified atom stereocenters. The van der Waals surface area contributed by atoms with Crippen LogP contribution in [0.3, 0.4) is 0 Å². The van der Waals surface area contributed by atoms with Crippen LogP contribution in [0.5, 0.6) is 11.5 Å². The zero-order valence-corrected chi connectivity index (χ0v) is 28.6. The van der Waals surface area contributed by atoms with E-state index in [4.69, 9.17) is 14.2 Å². The number of carbonyl (C=O) groups is 1. The first-order valence-corrected chi connectivity index (χ1v) is 17.6. The maximum Gasteiger partial charge on any atom is 0.323 e. The fourth-order valence-corrected chi connectivity index (χ4v) is 6.58. The molecule has 0 bridgehead atoms. The first kappa shape index (κ1) is 34.4. The van der Waals surface area contributed by atoms with E-state index in [1.807, 2.05) is 91.0 Å². The first-order valence-electron chi connectivity index (χ1n) is 17.6. The van der Waals surface area contributed by atoms with Gasteiger partial charge in [-0.25, -0.2) is 4.79 Å². The molecule has 2 aliphatic rings. The second-order valence-electron chi connectivity index (χ2n) is 13.1. The van der Waals surface area contributed by atoms with Crippen LogP contribution in [0.2, 0.25) is 0 Å². The van der Waals surface area contributed by atoms with Crippen LogP contribution in [-0.4, -0.2) is 59.8 Å². The van der Waals surface area contributed by atoms with Crippen LogP contribution in [0.4, 0.5) is 16.2 Å². The van der Waals surface area contributed by atoms with Crippen molar-refractivity contribution in [1.29, 1.82) is 0 Å². The number of carbonyl (C=O) groups excluding carboxylic acids is 1. The number of hydrogen-bond acceptors (Lipinski definition) is 7. The molecule has 0 aromatic heterocycles. The Morgan fingerprint density at radius 2 is 1.33 bits per heavy atom. The summed E-state index contributed by atoms with van der Waals surface area (Å²) in [5, 5.41) is 15.4. The van der Waals surface area contributed by atoms with Crippen LogP contribution in [-0.2, 0) is 22.6 Å². The quantitative estimate of drug-likeness (QED) is 0.130. The van der Waals surface area contributed by atoms with Crippen LogP contribution in [0.15, 0.2) is 133 Å². The van der Waals surface area contributed by atoms with Gasteiger partial charge in [-0.2, -0.15) is 0 Å². The third-order valence-corrected chi connectivity index (χ3v) is 9.30. The summed E-state index contributed by atoms with van der Waals surface area (Å²) in [5.41, 5.74) is 5.34. The highest BCUT2D eigenvalue weighted by atomic mass is 16.7. The zero-order chi connectivity index (χ0) is 34.8. The van der Waals surface area contributed by atoms with E-state index < -0.39 is 6.29 Å². The van der Waals surface area contributed by atoms with Crippen LogP contribution in [0.1, 0.15) is 41.1 Å². The summed E-state index contributed by atoms with van der Waals surface area (Å²) in [4.78, 5) is 18.0.